The van der Waals surface area contributed by atoms with Gasteiger partial charge in [0.05, 0.1) is 12.8 Å². The number of carbonyl (C=O) groups excluding carboxylic acids is 3. The van der Waals surface area contributed by atoms with Gasteiger partial charge in [-0.1, -0.05) is 6.92 Å². The fourth-order valence-electron chi connectivity index (χ4n) is 2.88. The number of rotatable bonds is 9. The average Bonchev–Trinajstić information content (AvgIpc) is 3.33. The lowest BCUT2D eigenvalue weighted by Gasteiger charge is -2.09. The Kier molecular flexibility index (Phi) is 7.58. The predicted octanol–water partition coefficient (Wildman–Crippen LogP) is 0.686. The van der Waals surface area contributed by atoms with E-state index < -0.39 is 17.2 Å². The zero-order valence-electron chi connectivity index (χ0n) is 17.8. The summed E-state index contributed by atoms with van der Waals surface area (Å²) in [7, 11) is 0. The molecule has 0 spiro atoms. The second-order valence-corrected chi connectivity index (χ2v) is 6.97. The van der Waals surface area contributed by atoms with Gasteiger partial charge in [0.25, 0.3) is 17.4 Å². The first-order chi connectivity index (χ1) is 15.9. The van der Waals surface area contributed by atoms with Gasteiger partial charge in [0.1, 0.15) is 11.3 Å². The van der Waals surface area contributed by atoms with Gasteiger partial charge in [0.2, 0.25) is 5.91 Å². The van der Waals surface area contributed by atoms with Crippen LogP contribution in [0.25, 0.3) is 0 Å². The Hall–Kier alpha value is -4.41. The van der Waals surface area contributed by atoms with E-state index in [0.29, 0.717) is 23.4 Å². The number of anilines is 1. The number of hydrogen-bond donors (Lipinski definition) is 4. The summed E-state index contributed by atoms with van der Waals surface area (Å²) in [6.45, 7) is 1.80. The van der Waals surface area contributed by atoms with Gasteiger partial charge < -0.3 is 25.4 Å². The van der Waals surface area contributed by atoms with Gasteiger partial charge >= 0.3 is 5.69 Å². The van der Waals surface area contributed by atoms with Crippen molar-refractivity contribution < 1.29 is 18.8 Å². The maximum absolute atomic E-state index is 12.5. The highest BCUT2D eigenvalue weighted by Crippen LogP contribution is 2.09. The second kappa shape index (κ2) is 10.8. The topological polar surface area (TPSA) is 155 Å². The molecule has 2 heterocycles. The van der Waals surface area contributed by atoms with E-state index in [1.54, 1.807) is 43.3 Å². The Morgan fingerprint density at radius 3 is 2.33 bits per heavy atom. The number of carbonyl (C=O) groups is 3. The summed E-state index contributed by atoms with van der Waals surface area (Å²) in [6, 6.07) is 9.61. The molecule has 0 aliphatic rings. The van der Waals surface area contributed by atoms with E-state index in [0.717, 1.165) is 10.8 Å². The molecule has 3 rings (SSSR count). The molecule has 0 saturated carbocycles. The van der Waals surface area contributed by atoms with Crippen molar-refractivity contribution >= 4 is 23.4 Å². The van der Waals surface area contributed by atoms with Crippen molar-refractivity contribution in [3.05, 3.63) is 86.6 Å². The van der Waals surface area contributed by atoms with Gasteiger partial charge in [-0.15, -0.1) is 0 Å². The number of amides is 3. The van der Waals surface area contributed by atoms with Crippen molar-refractivity contribution in [1.82, 2.24) is 20.2 Å². The van der Waals surface area contributed by atoms with Gasteiger partial charge in [0.15, 0.2) is 0 Å². The van der Waals surface area contributed by atoms with Crippen LogP contribution in [0.3, 0.4) is 0 Å². The summed E-state index contributed by atoms with van der Waals surface area (Å²) >= 11 is 0. The van der Waals surface area contributed by atoms with E-state index in [4.69, 9.17) is 4.42 Å². The number of aromatic amines is 1. The Bertz CT molecular complexity index is 1240. The number of benzene rings is 1. The van der Waals surface area contributed by atoms with Gasteiger partial charge in [-0.05, 0) is 36.4 Å². The van der Waals surface area contributed by atoms with Crippen molar-refractivity contribution in [3.8, 4) is 0 Å². The van der Waals surface area contributed by atoms with Crippen molar-refractivity contribution in [3.63, 3.8) is 0 Å². The highest BCUT2D eigenvalue weighted by Gasteiger charge is 2.15. The second-order valence-electron chi connectivity index (χ2n) is 6.97. The van der Waals surface area contributed by atoms with E-state index >= 15 is 0 Å². The molecule has 4 N–H and O–H groups in total. The van der Waals surface area contributed by atoms with Crippen LogP contribution in [-0.4, -0.2) is 40.4 Å². The minimum atomic E-state index is -0.757. The molecule has 11 heteroatoms. The summed E-state index contributed by atoms with van der Waals surface area (Å²) in [6.07, 6.45) is 2.82. The van der Waals surface area contributed by atoms with E-state index in [-0.39, 0.29) is 37.0 Å². The molecule has 3 aromatic rings. The van der Waals surface area contributed by atoms with Crippen LogP contribution in [0, 0.1) is 0 Å². The molecule has 2 aromatic heterocycles. The van der Waals surface area contributed by atoms with E-state index in [9.17, 15) is 24.0 Å². The normalized spacial score (nSPS) is 10.5. The molecule has 0 bridgehead atoms. The van der Waals surface area contributed by atoms with Gasteiger partial charge in [0, 0.05) is 37.0 Å². The molecule has 172 valence electrons. The summed E-state index contributed by atoms with van der Waals surface area (Å²) in [5.74, 6) is -0.779. The Labute approximate surface area is 187 Å². The van der Waals surface area contributed by atoms with Crippen LogP contribution in [0.2, 0.25) is 0 Å². The predicted molar refractivity (Wildman–Crippen MR) is 119 cm³/mol. The monoisotopic (exact) mass is 453 g/mol. The number of H-pyrrole nitrogens is 1. The summed E-state index contributed by atoms with van der Waals surface area (Å²) in [5.41, 5.74) is -0.689. The lowest BCUT2D eigenvalue weighted by molar-refractivity contribution is -0.115. The van der Waals surface area contributed by atoms with Crippen LogP contribution in [0.1, 0.15) is 39.8 Å². The average molecular weight is 453 g/mol. The lowest BCUT2D eigenvalue weighted by Crippen LogP contribution is -2.42. The molecule has 0 radical (unpaired) electrons. The first-order valence-electron chi connectivity index (χ1n) is 10.2. The number of hydrogen-bond acceptors (Lipinski definition) is 6. The van der Waals surface area contributed by atoms with Crippen LogP contribution in [0.4, 0.5) is 5.69 Å². The minimum absolute atomic E-state index is 0.0615. The zero-order chi connectivity index (χ0) is 23.8. The minimum Gasteiger partial charge on any atom is -0.467 e. The zero-order valence-corrected chi connectivity index (χ0v) is 17.8. The summed E-state index contributed by atoms with van der Waals surface area (Å²) in [5, 5.41) is 7.87. The number of nitrogens with zero attached hydrogens (tertiary/aromatic N) is 1. The van der Waals surface area contributed by atoms with Crippen LogP contribution in [0.5, 0.6) is 0 Å². The number of nitrogens with one attached hydrogen (secondary N) is 4. The SMILES string of the molecule is CCC(=O)Nc1ccc(C(=O)NCCNC(=O)c2c[nH]c(=O)n(Cc3ccco3)c2=O)cc1. The first kappa shape index (κ1) is 23.3. The smallest absolute Gasteiger partial charge is 0.328 e. The third kappa shape index (κ3) is 6.06. The third-order valence-electron chi connectivity index (χ3n) is 4.65. The highest BCUT2D eigenvalue weighted by molar-refractivity contribution is 5.96. The fourth-order valence-corrected chi connectivity index (χ4v) is 2.88. The van der Waals surface area contributed by atoms with Gasteiger partial charge in [-0.25, -0.2) is 4.79 Å². The van der Waals surface area contributed by atoms with Crippen molar-refractivity contribution in [2.24, 2.45) is 0 Å². The van der Waals surface area contributed by atoms with Gasteiger partial charge in [-0.2, -0.15) is 0 Å². The molecular weight excluding hydrogens is 430 g/mol. The molecule has 0 atom stereocenters. The van der Waals surface area contributed by atoms with E-state index in [1.807, 2.05) is 0 Å². The fraction of sp³-hybridized carbons (Fsp3) is 0.227. The van der Waals surface area contributed by atoms with Crippen molar-refractivity contribution in [1.29, 1.82) is 0 Å². The van der Waals surface area contributed by atoms with Crippen LogP contribution >= 0.6 is 0 Å². The maximum Gasteiger partial charge on any atom is 0.328 e. The maximum atomic E-state index is 12.5. The molecular formula is C22H23N5O6. The Morgan fingerprint density at radius 2 is 1.70 bits per heavy atom. The molecule has 3 amide bonds. The van der Waals surface area contributed by atoms with Crippen molar-refractivity contribution in [2.45, 2.75) is 19.9 Å². The van der Waals surface area contributed by atoms with Gasteiger partial charge in [-0.3, -0.25) is 23.7 Å². The van der Waals surface area contributed by atoms with E-state index in [2.05, 4.69) is 20.9 Å². The van der Waals surface area contributed by atoms with Crippen LogP contribution in [0.15, 0.2) is 62.9 Å². The molecule has 0 fully saturated rings. The Balaban J connectivity index is 1.52. The third-order valence-corrected chi connectivity index (χ3v) is 4.65. The van der Waals surface area contributed by atoms with Crippen LogP contribution < -0.4 is 27.2 Å². The van der Waals surface area contributed by atoms with Crippen LogP contribution in [-0.2, 0) is 11.3 Å². The number of furan rings is 1. The van der Waals surface area contributed by atoms with E-state index in [1.165, 1.54) is 6.26 Å². The first-order valence-corrected chi connectivity index (χ1v) is 10.2. The summed E-state index contributed by atoms with van der Waals surface area (Å²) in [4.78, 5) is 62.9. The Morgan fingerprint density at radius 1 is 1.00 bits per heavy atom. The number of aromatic nitrogens is 2. The molecule has 0 aliphatic heterocycles. The largest absolute Gasteiger partial charge is 0.467 e. The standard InChI is InChI=1S/C22H23N5O6/c1-2-18(28)26-15-7-5-14(6-8-15)19(29)23-9-10-24-20(30)17-12-25-22(32)27(21(17)31)13-16-4-3-11-33-16/h3-8,11-12H,2,9-10,13H2,1H3,(H,23,29)(H,24,30)(H,25,32)(H,26,28). The quantitative estimate of drug-likeness (QED) is 0.349. The molecule has 11 nitrogen and oxygen atoms in total. The molecule has 33 heavy (non-hydrogen) atoms. The molecule has 0 unspecified atom stereocenters. The molecule has 0 saturated heterocycles. The molecule has 1 aromatic carbocycles. The highest BCUT2D eigenvalue weighted by atomic mass is 16.3. The summed E-state index contributed by atoms with van der Waals surface area (Å²) < 4.78 is 6.01. The van der Waals surface area contributed by atoms with Crippen molar-refractivity contribution in [2.75, 3.05) is 18.4 Å². The lowest BCUT2D eigenvalue weighted by atomic mass is 10.2. The molecule has 0 aliphatic carbocycles.